The van der Waals surface area contributed by atoms with Crippen LogP contribution in [0.1, 0.15) is 24.5 Å². The highest BCUT2D eigenvalue weighted by atomic mass is 16.2. The van der Waals surface area contributed by atoms with Crippen LogP contribution in [0.5, 0.6) is 0 Å². The second kappa shape index (κ2) is 8.88. The van der Waals surface area contributed by atoms with Gasteiger partial charge in [-0.25, -0.2) is 0 Å². The Hall–Kier alpha value is -4.17. The number of rotatable bonds is 7. The Balaban J connectivity index is 1.59. The summed E-state index contributed by atoms with van der Waals surface area (Å²) in [5.41, 5.74) is 9.77. The van der Waals surface area contributed by atoms with Gasteiger partial charge >= 0.3 is 0 Å². The van der Waals surface area contributed by atoms with E-state index in [-0.39, 0.29) is 5.91 Å². The van der Waals surface area contributed by atoms with Crippen molar-refractivity contribution in [2.24, 2.45) is 12.8 Å². The topological polar surface area (TPSA) is 111 Å². The Kier molecular flexibility index (Phi) is 5.74. The number of hydrogen-bond acceptors (Lipinski definition) is 4. The molecule has 0 radical (unpaired) electrons. The van der Waals surface area contributed by atoms with Crippen LogP contribution >= 0.6 is 0 Å². The summed E-state index contributed by atoms with van der Waals surface area (Å²) in [5, 5.41) is 7.14. The third-order valence-corrected chi connectivity index (χ3v) is 6.44. The maximum atomic E-state index is 13.1. The smallest absolute Gasteiger partial charge is 0.259 e. The van der Waals surface area contributed by atoms with Gasteiger partial charge in [0.2, 0.25) is 5.91 Å². The molecule has 0 bridgehead atoms. The summed E-state index contributed by atoms with van der Waals surface area (Å²) in [5.74, 6) is -0.976. The van der Waals surface area contributed by atoms with Gasteiger partial charge in [0.25, 0.3) is 11.8 Å². The first-order valence-corrected chi connectivity index (χ1v) is 11.6. The van der Waals surface area contributed by atoms with E-state index in [0.717, 1.165) is 27.4 Å². The highest BCUT2D eigenvalue weighted by Crippen LogP contribution is 2.38. The van der Waals surface area contributed by atoms with E-state index in [0.29, 0.717) is 36.2 Å². The van der Waals surface area contributed by atoms with Gasteiger partial charge in [0.05, 0.1) is 17.2 Å². The summed E-state index contributed by atoms with van der Waals surface area (Å²) in [6.45, 7) is 2.77. The van der Waals surface area contributed by atoms with Crippen LogP contribution in [0.25, 0.3) is 33.0 Å². The Morgan fingerprint density at radius 2 is 1.51 bits per heavy atom. The summed E-state index contributed by atoms with van der Waals surface area (Å²) in [7, 11) is 1.93. The molecule has 8 nitrogen and oxygen atoms in total. The van der Waals surface area contributed by atoms with E-state index in [1.807, 2.05) is 72.5 Å². The fraction of sp³-hybridized carbons (Fsp3) is 0.222. The van der Waals surface area contributed by atoms with Crippen LogP contribution in [0.3, 0.4) is 0 Å². The number of carbonyl (C=O) groups excluding carboxylic acids is 3. The molecule has 1 atom stereocenters. The molecule has 0 fully saturated rings. The van der Waals surface area contributed by atoms with Crippen molar-refractivity contribution in [3.8, 4) is 0 Å². The van der Waals surface area contributed by atoms with Crippen LogP contribution < -0.4 is 16.4 Å². The molecule has 8 heteroatoms. The third-order valence-electron chi connectivity index (χ3n) is 6.44. The van der Waals surface area contributed by atoms with E-state index in [4.69, 9.17) is 5.73 Å². The van der Waals surface area contributed by atoms with Crippen molar-refractivity contribution in [1.82, 2.24) is 19.8 Å². The average molecular weight is 470 g/mol. The number of nitrogens with one attached hydrogen (secondary N) is 2. The molecular formula is C27H27N5O3. The summed E-state index contributed by atoms with van der Waals surface area (Å²) < 4.78 is 4.03. The van der Waals surface area contributed by atoms with Gasteiger partial charge in [-0.1, -0.05) is 36.4 Å². The molecule has 0 aliphatic carbocycles. The normalized spacial score (nSPS) is 14.7. The molecule has 178 valence electrons. The number of fused-ring (bicyclic) bond motifs is 2. The first-order chi connectivity index (χ1) is 16.9. The van der Waals surface area contributed by atoms with Crippen molar-refractivity contribution in [1.29, 1.82) is 0 Å². The number of para-hydroxylation sites is 2. The van der Waals surface area contributed by atoms with E-state index in [9.17, 15) is 14.4 Å². The lowest BCUT2D eigenvalue weighted by Crippen LogP contribution is -2.38. The maximum absolute atomic E-state index is 13.1. The largest absolute Gasteiger partial charge is 0.355 e. The van der Waals surface area contributed by atoms with Crippen LogP contribution in [0.4, 0.5) is 0 Å². The summed E-state index contributed by atoms with van der Waals surface area (Å²) >= 11 is 0. The molecule has 4 N–H and O–H groups in total. The van der Waals surface area contributed by atoms with Gasteiger partial charge in [-0.3, -0.25) is 19.7 Å². The molecule has 2 aromatic carbocycles. The standard InChI is InChI=1S/C27H27N5O3/c1-16(28)25(33)29-12-7-13-32-15-20(18-9-4-6-11-22(18)32)24-23(26(34)30-27(24)35)19-14-31(2)21-10-5-3-8-17(19)21/h3-6,8-11,14-16H,7,12-13,28H2,1-2H3,(H,29,33)(H,30,34,35)/t16-/m1/s1. The van der Waals surface area contributed by atoms with Crippen LogP contribution in [-0.2, 0) is 28.0 Å². The number of amides is 3. The van der Waals surface area contributed by atoms with Crippen molar-refractivity contribution >= 4 is 50.7 Å². The highest BCUT2D eigenvalue weighted by Gasteiger charge is 2.35. The van der Waals surface area contributed by atoms with E-state index < -0.39 is 17.9 Å². The Morgan fingerprint density at radius 3 is 2.17 bits per heavy atom. The molecule has 0 unspecified atom stereocenters. The zero-order valence-electron chi connectivity index (χ0n) is 19.7. The van der Waals surface area contributed by atoms with Crippen molar-refractivity contribution in [3.05, 3.63) is 72.1 Å². The second-order valence-corrected chi connectivity index (χ2v) is 8.89. The van der Waals surface area contributed by atoms with Crippen LogP contribution in [-0.4, -0.2) is 39.4 Å². The molecule has 35 heavy (non-hydrogen) atoms. The number of nitrogens with two attached hydrogens (primary N) is 1. The predicted molar refractivity (Wildman–Crippen MR) is 136 cm³/mol. The first kappa shape index (κ1) is 22.6. The zero-order valence-corrected chi connectivity index (χ0v) is 19.7. The van der Waals surface area contributed by atoms with E-state index in [1.165, 1.54) is 0 Å². The Labute approximate surface area is 202 Å². The number of aromatic nitrogens is 2. The van der Waals surface area contributed by atoms with Gasteiger partial charge in [0.1, 0.15) is 0 Å². The average Bonchev–Trinajstić information content (AvgIpc) is 3.47. The van der Waals surface area contributed by atoms with Gasteiger partial charge in [0.15, 0.2) is 0 Å². The fourth-order valence-electron chi connectivity index (χ4n) is 4.76. The predicted octanol–water partition coefficient (Wildman–Crippen LogP) is 2.55. The molecule has 5 rings (SSSR count). The monoisotopic (exact) mass is 469 g/mol. The third kappa shape index (κ3) is 3.91. The van der Waals surface area contributed by atoms with Crippen LogP contribution in [0.2, 0.25) is 0 Å². The van der Waals surface area contributed by atoms with Gasteiger partial charge in [0, 0.05) is 65.5 Å². The number of benzene rings is 2. The molecule has 0 saturated carbocycles. The van der Waals surface area contributed by atoms with E-state index in [2.05, 4.69) is 15.2 Å². The molecule has 0 spiro atoms. The number of imide groups is 1. The van der Waals surface area contributed by atoms with Crippen molar-refractivity contribution in [3.63, 3.8) is 0 Å². The molecule has 1 aliphatic heterocycles. The summed E-state index contributed by atoms with van der Waals surface area (Å²) in [6.07, 6.45) is 4.52. The lowest BCUT2D eigenvalue weighted by atomic mass is 9.95. The number of aryl methyl sites for hydroxylation is 2. The zero-order chi connectivity index (χ0) is 24.7. The molecular weight excluding hydrogens is 442 g/mol. The summed E-state index contributed by atoms with van der Waals surface area (Å²) in [6, 6.07) is 15.1. The fourth-order valence-corrected chi connectivity index (χ4v) is 4.76. The van der Waals surface area contributed by atoms with Crippen molar-refractivity contribution in [2.75, 3.05) is 6.54 Å². The van der Waals surface area contributed by atoms with Gasteiger partial charge < -0.3 is 20.2 Å². The number of carbonyl (C=O) groups is 3. The highest BCUT2D eigenvalue weighted by molar-refractivity contribution is 6.50. The first-order valence-electron chi connectivity index (χ1n) is 11.6. The molecule has 4 aromatic rings. The number of nitrogens with zero attached hydrogens (tertiary/aromatic N) is 2. The summed E-state index contributed by atoms with van der Waals surface area (Å²) in [4.78, 5) is 37.9. The molecule has 2 aromatic heterocycles. The van der Waals surface area contributed by atoms with E-state index in [1.54, 1.807) is 6.92 Å². The molecule has 3 amide bonds. The molecule has 3 heterocycles. The van der Waals surface area contributed by atoms with Crippen molar-refractivity contribution in [2.45, 2.75) is 25.9 Å². The molecule has 1 aliphatic rings. The lowest BCUT2D eigenvalue weighted by molar-refractivity contribution is -0.123. The van der Waals surface area contributed by atoms with E-state index >= 15 is 0 Å². The van der Waals surface area contributed by atoms with Gasteiger partial charge in [-0.05, 0) is 25.5 Å². The minimum absolute atomic E-state index is 0.186. The quantitative estimate of drug-likeness (QED) is 0.285. The minimum Gasteiger partial charge on any atom is -0.355 e. The van der Waals surface area contributed by atoms with Crippen LogP contribution in [0, 0.1) is 0 Å². The Bertz CT molecular complexity index is 1520. The second-order valence-electron chi connectivity index (χ2n) is 8.89. The maximum Gasteiger partial charge on any atom is 0.259 e. The number of hydrogen-bond donors (Lipinski definition) is 3. The van der Waals surface area contributed by atoms with Crippen LogP contribution in [0.15, 0.2) is 60.9 Å². The molecule has 0 saturated heterocycles. The van der Waals surface area contributed by atoms with Gasteiger partial charge in [-0.2, -0.15) is 0 Å². The Morgan fingerprint density at radius 1 is 0.943 bits per heavy atom. The van der Waals surface area contributed by atoms with Crippen molar-refractivity contribution < 1.29 is 14.4 Å². The minimum atomic E-state index is -0.549. The lowest BCUT2D eigenvalue weighted by Gasteiger charge is -2.08. The SMILES string of the molecule is C[C@@H](N)C(=O)NCCCn1cc(C2=C(c3cn(C)c4ccccc34)C(=O)NC2=O)c2ccccc21. The van der Waals surface area contributed by atoms with Gasteiger partial charge in [-0.15, -0.1) is 0 Å².